The van der Waals surface area contributed by atoms with Gasteiger partial charge in [-0.3, -0.25) is 0 Å². The molecule has 0 amide bonds. The van der Waals surface area contributed by atoms with Crippen LogP contribution in [0, 0.1) is 0 Å². The molecule has 10 heavy (non-hydrogen) atoms. The van der Waals surface area contributed by atoms with E-state index < -0.39 is 0 Å². The monoisotopic (exact) mass is 238 g/mol. The topological polar surface area (TPSA) is 17.1 Å². The summed E-state index contributed by atoms with van der Waals surface area (Å²) in [6, 6.07) is 1.80. The Labute approximate surface area is 76.1 Å². The largest absolute Gasteiger partial charge is 0.303 e. The average molecular weight is 240 g/mol. The number of hydrogen-bond acceptors (Lipinski definition) is 2. The Morgan fingerprint density at radius 1 is 1.80 bits per heavy atom. The molecule has 54 valence electrons. The molecule has 0 aliphatic carbocycles. The summed E-state index contributed by atoms with van der Waals surface area (Å²) in [5.41, 5.74) is 0. The molecule has 1 aromatic rings. The highest BCUT2D eigenvalue weighted by Crippen LogP contribution is 2.30. The van der Waals surface area contributed by atoms with Crippen molar-refractivity contribution in [2.24, 2.45) is 0 Å². The van der Waals surface area contributed by atoms with Crippen LogP contribution in [0.4, 0.5) is 0 Å². The summed E-state index contributed by atoms with van der Waals surface area (Å²) in [5.74, 6) is 0. The van der Waals surface area contributed by atoms with E-state index in [1.54, 1.807) is 6.07 Å². The smallest absolute Gasteiger partial charge is 0.125 e. The van der Waals surface area contributed by atoms with E-state index in [4.69, 9.17) is 11.6 Å². The van der Waals surface area contributed by atoms with Crippen molar-refractivity contribution >= 4 is 45.2 Å². The first-order valence-corrected chi connectivity index (χ1v) is 4.60. The van der Waals surface area contributed by atoms with Gasteiger partial charge in [-0.1, -0.05) is 11.6 Å². The van der Waals surface area contributed by atoms with E-state index in [-0.39, 0.29) is 0 Å². The molecule has 0 aliphatic rings. The second kappa shape index (κ2) is 3.51. The normalized spacial score (nSPS) is 9.80. The van der Waals surface area contributed by atoms with Gasteiger partial charge >= 0.3 is 0 Å². The fourth-order valence-electron chi connectivity index (χ4n) is 0.591. The molecular formula is C6H4BrClOS. The van der Waals surface area contributed by atoms with Gasteiger partial charge in [-0.05, 0) is 22.0 Å². The summed E-state index contributed by atoms with van der Waals surface area (Å²) in [5, 5.41) is 0.670. The summed E-state index contributed by atoms with van der Waals surface area (Å²) < 4.78 is 0.967. The number of carbonyl (C=O) groups is 1. The second-order valence-electron chi connectivity index (χ2n) is 1.69. The number of halogens is 2. The second-order valence-corrected chi connectivity index (χ2v) is 4.62. The van der Waals surface area contributed by atoms with Gasteiger partial charge in [0.25, 0.3) is 0 Å². The Morgan fingerprint density at radius 3 is 2.90 bits per heavy atom. The average Bonchev–Trinajstić information content (AvgIpc) is 2.13. The zero-order valence-electron chi connectivity index (χ0n) is 4.93. The van der Waals surface area contributed by atoms with Crippen LogP contribution in [0.2, 0.25) is 5.02 Å². The molecule has 0 saturated heterocycles. The molecule has 0 bridgehead atoms. The van der Waals surface area contributed by atoms with Crippen molar-refractivity contribution in [1.29, 1.82) is 0 Å². The van der Waals surface area contributed by atoms with E-state index in [0.717, 1.165) is 14.9 Å². The van der Waals surface area contributed by atoms with Crippen LogP contribution in [0.5, 0.6) is 0 Å². The van der Waals surface area contributed by atoms with Gasteiger partial charge in [-0.15, -0.1) is 11.3 Å². The first-order chi connectivity index (χ1) is 4.74. The van der Waals surface area contributed by atoms with Crippen molar-refractivity contribution in [1.82, 2.24) is 0 Å². The van der Waals surface area contributed by atoms with Crippen LogP contribution in [0.25, 0.3) is 0 Å². The van der Waals surface area contributed by atoms with Crippen molar-refractivity contribution in [2.75, 3.05) is 0 Å². The molecular weight excluding hydrogens is 235 g/mol. The Bertz CT molecular complexity index is 246. The summed E-state index contributed by atoms with van der Waals surface area (Å²) in [4.78, 5) is 11.0. The highest BCUT2D eigenvalue weighted by atomic mass is 79.9. The quantitative estimate of drug-likeness (QED) is 0.725. The molecule has 0 spiro atoms. The van der Waals surface area contributed by atoms with Crippen LogP contribution < -0.4 is 0 Å². The van der Waals surface area contributed by atoms with Gasteiger partial charge in [0.15, 0.2) is 0 Å². The lowest BCUT2D eigenvalue weighted by atomic mass is 10.4. The van der Waals surface area contributed by atoms with Crippen molar-refractivity contribution in [2.45, 2.75) is 6.42 Å². The lowest BCUT2D eigenvalue weighted by Crippen LogP contribution is -1.78. The third-order valence-corrected chi connectivity index (χ3v) is 3.11. The van der Waals surface area contributed by atoms with Crippen molar-refractivity contribution in [3.63, 3.8) is 0 Å². The molecule has 1 heterocycles. The number of hydrogen-bond donors (Lipinski definition) is 0. The van der Waals surface area contributed by atoms with Crippen LogP contribution in [0.15, 0.2) is 9.85 Å². The number of thiophene rings is 1. The zero-order chi connectivity index (χ0) is 7.56. The van der Waals surface area contributed by atoms with Gasteiger partial charge in [0.1, 0.15) is 6.29 Å². The summed E-state index contributed by atoms with van der Waals surface area (Å²) in [6.07, 6.45) is 1.26. The predicted molar refractivity (Wildman–Crippen MR) is 46.8 cm³/mol. The van der Waals surface area contributed by atoms with Crippen LogP contribution in [0.1, 0.15) is 4.88 Å². The number of rotatable bonds is 2. The zero-order valence-corrected chi connectivity index (χ0v) is 8.09. The molecule has 1 nitrogen and oxygen atoms in total. The van der Waals surface area contributed by atoms with Gasteiger partial charge in [-0.2, -0.15) is 0 Å². The maximum absolute atomic E-state index is 10.1. The molecule has 0 aliphatic heterocycles. The van der Waals surface area contributed by atoms with Crippen LogP contribution >= 0.6 is 38.9 Å². The highest BCUT2D eigenvalue weighted by molar-refractivity contribution is 9.11. The maximum Gasteiger partial charge on any atom is 0.125 e. The lowest BCUT2D eigenvalue weighted by Gasteiger charge is -1.84. The van der Waals surface area contributed by atoms with Gasteiger partial charge in [0, 0.05) is 11.3 Å². The van der Waals surface area contributed by atoms with E-state index in [9.17, 15) is 4.79 Å². The molecule has 0 aromatic carbocycles. The molecule has 0 atom stereocenters. The molecule has 0 N–H and O–H groups in total. The minimum atomic E-state index is 0.412. The number of aldehydes is 1. The minimum Gasteiger partial charge on any atom is -0.303 e. The molecule has 1 rings (SSSR count). The summed E-state index contributed by atoms with van der Waals surface area (Å²) in [6.45, 7) is 0. The molecule has 4 heteroatoms. The fourth-order valence-corrected chi connectivity index (χ4v) is 2.62. The van der Waals surface area contributed by atoms with Crippen LogP contribution in [0.3, 0.4) is 0 Å². The Balaban J connectivity index is 2.91. The molecule has 0 unspecified atom stereocenters. The van der Waals surface area contributed by atoms with Gasteiger partial charge in [0.05, 0.1) is 8.81 Å². The third-order valence-electron chi connectivity index (χ3n) is 0.996. The summed E-state index contributed by atoms with van der Waals surface area (Å²) in [7, 11) is 0. The standard InChI is InChI=1S/C6H4BrClOS/c7-6-3-4(8)5(10-6)1-2-9/h2-3H,1H2. The minimum absolute atomic E-state index is 0.412. The fraction of sp³-hybridized carbons (Fsp3) is 0.167. The van der Waals surface area contributed by atoms with Crippen molar-refractivity contribution in [3.05, 3.63) is 19.8 Å². The first kappa shape index (κ1) is 8.24. The van der Waals surface area contributed by atoms with Gasteiger partial charge in [-0.25, -0.2) is 0 Å². The third kappa shape index (κ3) is 1.81. The van der Waals surface area contributed by atoms with Gasteiger partial charge in [0.2, 0.25) is 0 Å². The van der Waals surface area contributed by atoms with E-state index >= 15 is 0 Å². The molecule has 0 radical (unpaired) electrons. The Kier molecular flexibility index (Phi) is 2.89. The maximum atomic E-state index is 10.1. The molecule has 0 saturated carbocycles. The van der Waals surface area contributed by atoms with Crippen LogP contribution in [-0.2, 0) is 11.2 Å². The van der Waals surface area contributed by atoms with E-state index in [1.807, 2.05) is 0 Å². The molecule has 0 fully saturated rings. The first-order valence-electron chi connectivity index (χ1n) is 2.61. The van der Waals surface area contributed by atoms with Crippen LogP contribution in [-0.4, -0.2) is 6.29 Å². The van der Waals surface area contributed by atoms with Crippen molar-refractivity contribution in [3.8, 4) is 0 Å². The Morgan fingerprint density at radius 2 is 2.50 bits per heavy atom. The SMILES string of the molecule is O=CCc1sc(Br)cc1Cl. The van der Waals surface area contributed by atoms with E-state index in [0.29, 0.717) is 11.4 Å². The van der Waals surface area contributed by atoms with E-state index in [2.05, 4.69) is 15.9 Å². The Hall–Kier alpha value is 0.140. The van der Waals surface area contributed by atoms with E-state index in [1.165, 1.54) is 11.3 Å². The number of carbonyl (C=O) groups excluding carboxylic acids is 1. The lowest BCUT2D eigenvalue weighted by molar-refractivity contribution is -0.107. The highest BCUT2D eigenvalue weighted by Gasteiger charge is 2.03. The van der Waals surface area contributed by atoms with Gasteiger partial charge < -0.3 is 4.79 Å². The summed E-state index contributed by atoms with van der Waals surface area (Å²) >= 11 is 10.5. The predicted octanol–water partition coefficient (Wildman–Crippen LogP) is 2.91. The van der Waals surface area contributed by atoms with Crippen molar-refractivity contribution < 1.29 is 4.79 Å². The molecule has 1 aromatic heterocycles.